The van der Waals surface area contributed by atoms with Crippen molar-refractivity contribution >= 4 is 5.91 Å². The van der Waals surface area contributed by atoms with E-state index in [2.05, 4.69) is 0 Å². The molecule has 0 aromatic carbocycles. The summed E-state index contributed by atoms with van der Waals surface area (Å²) < 4.78 is 10.4. The van der Waals surface area contributed by atoms with E-state index in [0.29, 0.717) is 19.1 Å². The maximum atomic E-state index is 12.1. The maximum Gasteiger partial charge on any atom is 0.252 e. The topological polar surface area (TPSA) is 59.0 Å². The number of aliphatic hydroxyl groups is 1. The fourth-order valence-corrected chi connectivity index (χ4v) is 2.16. The molecule has 5 nitrogen and oxygen atoms in total. The first-order valence-electron chi connectivity index (χ1n) is 5.70. The Hall–Kier alpha value is -0.650. The molecule has 1 aliphatic heterocycles. The molecule has 1 amide bonds. The minimum absolute atomic E-state index is 0.0421. The SMILES string of the molecule is CO[C@H](C(=O)N(C)[C@@H]1COC[C@H]1O)C1CC1. The summed E-state index contributed by atoms with van der Waals surface area (Å²) in [6.45, 7) is 0.716. The number of carbonyl (C=O) groups excluding carboxylic acids is 1. The summed E-state index contributed by atoms with van der Waals surface area (Å²) in [5.41, 5.74) is 0. The van der Waals surface area contributed by atoms with Gasteiger partial charge in [0.1, 0.15) is 6.10 Å². The Labute approximate surface area is 95.3 Å². The lowest BCUT2D eigenvalue weighted by molar-refractivity contribution is -0.145. The van der Waals surface area contributed by atoms with E-state index < -0.39 is 6.10 Å². The van der Waals surface area contributed by atoms with Gasteiger partial charge >= 0.3 is 0 Å². The number of rotatable bonds is 4. The fraction of sp³-hybridized carbons (Fsp3) is 0.909. The third-order valence-electron chi connectivity index (χ3n) is 3.41. The second kappa shape index (κ2) is 4.69. The predicted molar refractivity (Wildman–Crippen MR) is 56.9 cm³/mol. The molecule has 1 N–H and O–H groups in total. The van der Waals surface area contributed by atoms with Crippen LogP contribution in [0.1, 0.15) is 12.8 Å². The first-order valence-corrected chi connectivity index (χ1v) is 5.70. The second-order valence-electron chi connectivity index (χ2n) is 4.62. The van der Waals surface area contributed by atoms with E-state index in [9.17, 15) is 9.90 Å². The third-order valence-corrected chi connectivity index (χ3v) is 3.41. The molecule has 0 aromatic rings. The van der Waals surface area contributed by atoms with Gasteiger partial charge in [-0.3, -0.25) is 4.79 Å². The molecule has 0 spiro atoms. The average Bonchev–Trinajstić information content (AvgIpc) is 3.01. The van der Waals surface area contributed by atoms with Crippen molar-refractivity contribution < 1.29 is 19.4 Å². The van der Waals surface area contributed by atoms with Gasteiger partial charge in [0.25, 0.3) is 5.91 Å². The first kappa shape index (κ1) is 11.8. The summed E-state index contributed by atoms with van der Waals surface area (Å²) in [4.78, 5) is 13.7. The zero-order valence-electron chi connectivity index (χ0n) is 9.76. The summed E-state index contributed by atoms with van der Waals surface area (Å²) in [6.07, 6.45) is 1.19. The van der Waals surface area contributed by atoms with E-state index in [0.717, 1.165) is 12.8 Å². The lowest BCUT2D eigenvalue weighted by Gasteiger charge is -2.29. The van der Waals surface area contributed by atoms with Crippen molar-refractivity contribution in [2.24, 2.45) is 5.92 Å². The summed E-state index contributed by atoms with van der Waals surface area (Å²) in [5, 5.41) is 9.66. The van der Waals surface area contributed by atoms with Gasteiger partial charge < -0.3 is 19.5 Å². The van der Waals surface area contributed by atoms with Crippen LogP contribution in [0.25, 0.3) is 0 Å². The highest BCUT2D eigenvalue weighted by atomic mass is 16.5. The summed E-state index contributed by atoms with van der Waals surface area (Å²) in [5.74, 6) is 0.318. The zero-order valence-corrected chi connectivity index (χ0v) is 9.76. The number of likely N-dealkylation sites (N-methyl/N-ethyl adjacent to an activating group) is 1. The normalized spacial score (nSPS) is 31.4. The minimum Gasteiger partial charge on any atom is -0.388 e. The number of nitrogens with zero attached hydrogens (tertiary/aromatic N) is 1. The van der Waals surface area contributed by atoms with Crippen molar-refractivity contribution in [3.63, 3.8) is 0 Å². The molecule has 16 heavy (non-hydrogen) atoms. The monoisotopic (exact) mass is 229 g/mol. The molecule has 0 radical (unpaired) electrons. The zero-order chi connectivity index (χ0) is 11.7. The van der Waals surface area contributed by atoms with Gasteiger partial charge in [-0.15, -0.1) is 0 Å². The van der Waals surface area contributed by atoms with Crippen molar-refractivity contribution in [3.8, 4) is 0 Å². The maximum absolute atomic E-state index is 12.1. The Kier molecular flexibility index (Phi) is 3.47. The highest BCUT2D eigenvalue weighted by Gasteiger charge is 2.41. The summed E-state index contributed by atoms with van der Waals surface area (Å²) in [7, 11) is 3.27. The molecule has 1 saturated carbocycles. The molecule has 2 rings (SSSR count). The molecule has 0 unspecified atom stereocenters. The summed E-state index contributed by atoms with van der Waals surface area (Å²) in [6, 6.07) is -0.233. The largest absolute Gasteiger partial charge is 0.388 e. The molecule has 1 aliphatic carbocycles. The van der Waals surface area contributed by atoms with Gasteiger partial charge in [-0.2, -0.15) is 0 Å². The smallest absolute Gasteiger partial charge is 0.252 e. The van der Waals surface area contributed by atoms with Gasteiger partial charge in [-0.1, -0.05) is 0 Å². The van der Waals surface area contributed by atoms with Crippen LogP contribution in [0.15, 0.2) is 0 Å². The quantitative estimate of drug-likeness (QED) is 0.714. The van der Waals surface area contributed by atoms with E-state index in [4.69, 9.17) is 9.47 Å². The Morgan fingerprint density at radius 3 is 2.62 bits per heavy atom. The first-order chi connectivity index (χ1) is 7.65. The van der Waals surface area contributed by atoms with Crippen LogP contribution in [0.4, 0.5) is 0 Å². The predicted octanol–water partition coefficient (Wildman–Crippen LogP) is -0.370. The molecule has 1 saturated heterocycles. The number of carbonyl (C=O) groups is 1. The van der Waals surface area contributed by atoms with Crippen LogP contribution >= 0.6 is 0 Å². The molecule has 2 aliphatic rings. The van der Waals surface area contributed by atoms with Crippen molar-refractivity contribution in [2.45, 2.75) is 31.1 Å². The second-order valence-corrected chi connectivity index (χ2v) is 4.62. The Bertz CT molecular complexity index is 267. The number of amides is 1. The molecular formula is C11H19NO4. The highest BCUT2D eigenvalue weighted by molar-refractivity contribution is 5.81. The molecule has 1 heterocycles. The molecule has 3 atom stereocenters. The molecule has 0 bridgehead atoms. The number of hydrogen-bond acceptors (Lipinski definition) is 4. The molecule has 5 heteroatoms. The van der Waals surface area contributed by atoms with Crippen LogP contribution in [-0.4, -0.2) is 61.5 Å². The Morgan fingerprint density at radius 1 is 1.50 bits per heavy atom. The van der Waals surface area contributed by atoms with Crippen LogP contribution in [0.5, 0.6) is 0 Å². The number of aliphatic hydroxyl groups excluding tert-OH is 1. The van der Waals surface area contributed by atoms with Gasteiger partial charge in [0.05, 0.1) is 25.4 Å². The number of hydrogen-bond donors (Lipinski definition) is 1. The lowest BCUT2D eigenvalue weighted by Crippen LogP contribution is -2.49. The molecule has 92 valence electrons. The molecular weight excluding hydrogens is 210 g/mol. The van der Waals surface area contributed by atoms with E-state index in [1.807, 2.05) is 0 Å². The molecule has 2 fully saturated rings. The van der Waals surface area contributed by atoms with Gasteiger partial charge in [-0.05, 0) is 18.8 Å². The van der Waals surface area contributed by atoms with Crippen LogP contribution < -0.4 is 0 Å². The standard InChI is InChI=1S/C11H19NO4/c1-12(8-5-16-6-9(8)13)11(14)10(15-2)7-3-4-7/h7-10,13H,3-6H2,1-2H3/t8-,9-,10+/m1/s1. The number of ether oxygens (including phenoxy) is 2. The van der Waals surface area contributed by atoms with Crippen molar-refractivity contribution in [2.75, 3.05) is 27.4 Å². The van der Waals surface area contributed by atoms with Crippen LogP contribution in [0.3, 0.4) is 0 Å². The Morgan fingerprint density at radius 2 is 2.19 bits per heavy atom. The van der Waals surface area contributed by atoms with Crippen LogP contribution in [0, 0.1) is 5.92 Å². The third kappa shape index (κ3) is 2.21. The van der Waals surface area contributed by atoms with Crippen molar-refractivity contribution in [3.05, 3.63) is 0 Å². The van der Waals surface area contributed by atoms with E-state index in [-0.39, 0.29) is 18.1 Å². The average molecular weight is 229 g/mol. The van der Waals surface area contributed by atoms with E-state index in [1.54, 1.807) is 19.1 Å². The van der Waals surface area contributed by atoms with Gasteiger partial charge in [0.15, 0.2) is 0 Å². The lowest BCUT2D eigenvalue weighted by atomic mass is 10.1. The van der Waals surface area contributed by atoms with Crippen LogP contribution in [0.2, 0.25) is 0 Å². The summed E-state index contributed by atoms with van der Waals surface area (Å²) >= 11 is 0. The fourth-order valence-electron chi connectivity index (χ4n) is 2.16. The van der Waals surface area contributed by atoms with Crippen molar-refractivity contribution in [1.29, 1.82) is 0 Å². The minimum atomic E-state index is -0.578. The van der Waals surface area contributed by atoms with Crippen molar-refractivity contribution in [1.82, 2.24) is 4.90 Å². The Balaban J connectivity index is 1.96. The van der Waals surface area contributed by atoms with E-state index >= 15 is 0 Å². The number of methoxy groups -OCH3 is 1. The van der Waals surface area contributed by atoms with Crippen LogP contribution in [-0.2, 0) is 14.3 Å². The highest BCUT2D eigenvalue weighted by Crippen LogP contribution is 2.35. The van der Waals surface area contributed by atoms with Gasteiger partial charge in [0.2, 0.25) is 0 Å². The van der Waals surface area contributed by atoms with Gasteiger partial charge in [0, 0.05) is 14.2 Å². The van der Waals surface area contributed by atoms with E-state index in [1.165, 1.54) is 0 Å². The van der Waals surface area contributed by atoms with Gasteiger partial charge in [-0.25, -0.2) is 0 Å². The molecule has 0 aromatic heterocycles.